The zero-order valence-electron chi connectivity index (χ0n) is 16.1. The third kappa shape index (κ3) is 5.37. The van der Waals surface area contributed by atoms with Crippen LogP contribution in [-0.4, -0.2) is 44.6 Å². The summed E-state index contributed by atoms with van der Waals surface area (Å²) in [4.78, 5) is 13.5. The number of carboxylic acid groups (broad SMARTS) is 1. The summed E-state index contributed by atoms with van der Waals surface area (Å²) < 4.78 is 47.5. The van der Waals surface area contributed by atoms with Gasteiger partial charge in [0, 0.05) is 28.7 Å². The summed E-state index contributed by atoms with van der Waals surface area (Å²) in [5.74, 6) is -2.76. The first-order valence-corrected chi connectivity index (χ1v) is 10.1. The number of piperidine rings is 1. The van der Waals surface area contributed by atoms with Crippen LogP contribution in [0.3, 0.4) is 0 Å². The molecule has 6 nitrogen and oxygen atoms in total. The average Bonchev–Trinajstić information content (AvgIpc) is 2.87. The second-order valence-electron chi connectivity index (χ2n) is 8.06. The Kier molecular flexibility index (Phi) is 7.01. The van der Waals surface area contributed by atoms with E-state index in [1.807, 2.05) is 33.0 Å². The highest BCUT2D eigenvalue weighted by atomic mass is 32.2. The summed E-state index contributed by atoms with van der Waals surface area (Å²) in [5.41, 5.74) is 2.60. The number of fused-ring (bicyclic) bond motifs is 1. The van der Waals surface area contributed by atoms with Crippen molar-refractivity contribution < 1.29 is 27.6 Å². The monoisotopic (exact) mass is 421 g/mol. The molecule has 1 aromatic rings. The van der Waals surface area contributed by atoms with E-state index in [4.69, 9.17) is 9.90 Å². The Hall–Kier alpha value is -1.36. The molecule has 0 saturated carbocycles. The van der Waals surface area contributed by atoms with Crippen LogP contribution in [0.5, 0.6) is 0 Å². The van der Waals surface area contributed by atoms with Gasteiger partial charge in [-0.25, -0.2) is 4.79 Å². The minimum atomic E-state index is -5.08. The molecule has 0 unspecified atom stereocenters. The van der Waals surface area contributed by atoms with Gasteiger partial charge in [0.15, 0.2) is 0 Å². The molecule has 3 rings (SSSR count). The number of nitrogens with one attached hydrogen (secondary N) is 2. The maximum absolute atomic E-state index is 12.6. The van der Waals surface area contributed by atoms with Crippen LogP contribution >= 0.6 is 0 Å². The summed E-state index contributed by atoms with van der Waals surface area (Å²) in [7, 11) is 0. The van der Waals surface area contributed by atoms with Gasteiger partial charge in [-0.3, -0.25) is 4.98 Å². The van der Waals surface area contributed by atoms with Crippen LogP contribution in [0.15, 0.2) is 18.3 Å². The molecule has 0 aromatic carbocycles. The normalized spacial score (nSPS) is 22.2. The van der Waals surface area contributed by atoms with E-state index in [-0.39, 0.29) is 16.2 Å². The topological polar surface area (TPSA) is 97.3 Å². The van der Waals surface area contributed by atoms with E-state index in [9.17, 15) is 17.7 Å². The fourth-order valence-electron chi connectivity index (χ4n) is 3.49. The van der Waals surface area contributed by atoms with Gasteiger partial charge in [-0.1, -0.05) is 6.07 Å². The largest absolute Gasteiger partial charge is 0.598 e. The third-order valence-electron chi connectivity index (χ3n) is 4.99. The van der Waals surface area contributed by atoms with Crippen LogP contribution in [0.1, 0.15) is 50.9 Å². The Morgan fingerprint density at radius 3 is 2.43 bits per heavy atom. The van der Waals surface area contributed by atoms with Gasteiger partial charge < -0.3 is 15.0 Å². The van der Waals surface area contributed by atoms with E-state index in [2.05, 4.69) is 21.1 Å². The van der Waals surface area contributed by atoms with Crippen molar-refractivity contribution in [3.8, 4) is 0 Å². The Morgan fingerprint density at radius 2 is 1.93 bits per heavy atom. The maximum atomic E-state index is 12.6. The summed E-state index contributed by atoms with van der Waals surface area (Å²) in [5, 5.41) is 10.6. The van der Waals surface area contributed by atoms with Gasteiger partial charge in [0.25, 0.3) is 0 Å². The van der Waals surface area contributed by atoms with E-state index in [0.717, 1.165) is 32.4 Å². The van der Waals surface area contributed by atoms with E-state index >= 15 is 0 Å². The van der Waals surface area contributed by atoms with Crippen molar-refractivity contribution in [3.63, 3.8) is 0 Å². The molecule has 0 bridgehead atoms. The lowest BCUT2D eigenvalue weighted by atomic mass is 9.74. The van der Waals surface area contributed by atoms with Crippen molar-refractivity contribution in [2.45, 2.75) is 57.0 Å². The van der Waals surface area contributed by atoms with Gasteiger partial charge in [-0.2, -0.15) is 13.2 Å². The third-order valence-corrected chi connectivity index (χ3v) is 6.55. The zero-order valence-corrected chi connectivity index (χ0v) is 16.9. The number of carboxylic acids is 1. The number of hydrogen-bond donors (Lipinski definition) is 3. The average molecular weight is 421 g/mol. The molecule has 2 atom stereocenters. The fourth-order valence-corrected chi connectivity index (χ4v) is 4.43. The molecular formula is C18H26F3N3O3S. The molecule has 158 valence electrons. The lowest BCUT2D eigenvalue weighted by Crippen LogP contribution is -2.48. The minimum Gasteiger partial charge on any atom is -0.598 e. The molecule has 10 heteroatoms. The molecule has 2 aliphatic rings. The quantitative estimate of drug-likeness (QED) is 0.636. The van der Waals surface area contributed by atoms with Gasteiger partial charge in [-0.15, -0.1) is 4.72 Å². The molecule has 1 aromatic heterocycles. The number of carbonyl (C=O) groups is 1. The highest BCUT2D eigenvalue weighted by Gasteiger charge is 2.50. The van der Waals surface area contributed by atoms with Crippen molar-refractivity contribution in [2.24, 2.45) is 5.41 Å². The molecule has 1 aliphatic heterocycles. The summed E-state index contributed by atoms with van der Waals surface area (Å²) >= 11 is -1.06. The fraction of sp³-hybridized carbons (Fsp3) is 0.667. The van der Waals surface area contributed by atoms with Crippen LogP contribution in [0.4, 0.5) is 13.2 Å². The zero-order chi connectivity index (χ0) is 21.2. The predicted octanol–water partition coefficient (Wildman–Crippen LogP) is 2.73. The van der Waals surface area contributed by atoms with E-state index in [1.54, 1.807) is 0 Å². The maximum Gasteiger partial charge on any atom is 0.490 e. The highest BCUT2D eigenvalue weighted by Crippen LogP contribution is 2.51. The van der Waals surface area contributed by atoms with Crippen LogP contribution in [0.25, 0.3) is 0 Å². The molecule has 1 fully saturated rings. The summed E-state index contributed by atoms with van der Waals surface area (Å²) in [6, 6.07) is 4.30. The van der Waals surface area contributed by atoms with Crippen LogP contribution in [0.2, 0.25) is 0 Å². The molecule has 1 saturated heterocycles. The van der Waals surface area contributed by atoms with Crippen molar-refractivity contribution in [1.82, 2.24) is 15.0 Å². The van der Waals surface area contributed by atoms with E-state index in [0.29, 0.717) is 0 Å². The van der Waals surface area contributed by atoms with Gasteiger partial charge in [0.2, 0.25) is 0 Å². The highest BCUT2D eigenvalue weighted by molar-refractivity contribution is 7.90. The molecule has 2 heterocycles. The van der Waals surface area contributed by atoms with Crippen LogP contribution < -0.4 is 10.0 Å². The number of hydrogen-bond acceptors (Lipinski definition) is 5. The number of pyridine rings is 1. The number of aromatic nitrogens is 1. The van der Waals surface area contributed by atoms with Gasteiger partial charge in [0.1, 0.15) is 4.75 Å². The lowest BCUT2D eigenvalue weighted by Gasteiger charge is -2.40. The number of nitrogens with zero attached hydrogens (tertiary/aromatic N) is 1. The number of rotatable bonds is 2. The van der Waals surface area contributed by atoms with Crippen LogP contribution in [0, 0.1) is 5.41 Å². The molecule has 28 heavy (non-hydrogen) atoms. The molecule has 1 spiro atoms. The smallest absolute Gasteiger partial charge is 0.490 e. The van der Waals surface area contributed by atoms with Crippen molar-refractivity contribution in [2.75, 3.05) is 13.1 Å². The lowest BCUT2D eigenvalue weighted by molar-refractivity contribution is -0.192. The predicted molar refractivity (Wildman–Crippen MR) is 99.9 cm³/mol. The number of halogens is 3. The minimum absolute atomic E-state index is 0.156. The molecule has 0 radical (unpaired) electrons. The first-order valence-electron chi connectivity index (χ1n) is 8.99. The first kappa shape index (κ1) is 22.9. The number of alkyl halides is 3. The SMILES string of the molecule is CC(C)(C)[S@+]([O-])N[C@@H]1c2cccnc2CC12CCNCC2.O=C(O)C(F)(F)F. The summed E-state index contributed by atoms with van der Waals surface area (Å²) in [6.45, 7) is 8.13. The summed E-state index contributed by atoms with van der Waals surface area (Å²) in [6.07, 6.45) is 0.0192. The van der Waals surface area contributed by atoms with Crippen molar-refractivity contribution in [1.29, 1.82) is 0 Å². The standard InChI is InChI=1S/C16H25N3OS.C2HF3O2/c1-15(2,3)21(20)19-14-12-5-4-8-18-13(12)11-16(14)6-9-17-10-7-16;3-2(4,5)1(6)7/h4-5,8,14,17,19H,6-7,9-11H2,1-3H3;(H,6,7)/t14-,21+;/m1./s1. The van der Waals surface area contributed by atoms with E-state index in [1.165, 1.54) is 11.3 Å². The first-order chi connectivity index (χ1) is 12.9. The second kappa shape index (κ2) is 8.56. The van der Waals surface area contributed by atoms with E-state index < -0.39 is 23.5 Å². The molecule has 0 amide bonds. The Balaban J connectivity index is 0.000000345. The van der Waals surface area contributed by atoms with Crippen molar-refractivity contribution >= 4 is 17.3 Å². The Labute approximate surface area is 165 Å². The Morgan fingerprint density at radius 1 is 1.36 bits per heavy atom. The second-order valence-corrected chi connectivity index (χ2v) is 10.1. The number of aliphatic carboxylic acids is 1. The van der Waals surface area contributed by atoms with Gasteiger partial charge in [-0.05, 0) is 64.8 Å². The van der Waals surface area contributed by atoms with Gasteiger partial charge in [0.05, 0.1) is 6.04 Å². The molecule has 1 aliphatic carbocycles. The van der Waals surface area contributed by atoms with Crippen LogP contribution in [-0.2, 0) is 22.6 Å². The van der Waals surface area contributed by atoms with Crippen molar-refractivity contribution in [3.05, 3.63) is 29.6 Å². The molecular weight excluding hydrogens is 395 g/mol. The Bertz CT molecular complexity index is 689. The van der Waals surface area contributed by atoms with Gasteiger partial charge >= 0.3 is 12.1 Å². The molecule has 3 N–H and O–H groups in total.